The second kappa shape index (κ2) is 61.2. The number of ketones is 7. The maximum absolute atomic E-state index is 14.0. The highest BCUT2D eigenvalue weighted by Gasteiger charge is 2.30. The number of amides is 5. The van der Waals surface area contributed by atoms with E-state index < -0.39 is 47.2 Å². The number of Topliss-reactive ketones (excluding diaryl/α,β-unsaturated/α-hetero) is 7. The van der Waals surface area contributed by atoms with Crippen molar-refractivity contribution < 1.29 is 90.5 Å². The molecule has 0 fully saturated rings. The van der Waals surface area contributed by atoms with Crippen LogP contribution >= 0.6 is 79.6 Å². The lowest BCUT2D eigenvalue weighted by Gasteiger charge is -2.21. The number of aliphatic hydroxyl groups excluding tert-OH is 1. The molecule has 0 aliphatic rings. The monoisotopic (exact) mass is 2030 g/mol. The molecule has 0 aliphatic carbocycles. The summed E-state index contributed by atoms with van der Waals surface area (Å²) >= 11 is 16.4. The van der Waals surface area contributed by atoms with Gasteiger partial charge in [0.05, 0.1) is 32.9 Å². The lowest BCUT2D eigenvalue weighted by Crippen LogP contribution is -2.38. The molecule has 0 aromatic heterocycles. The van der Waals surface area contributed by atoms with Gasteiger partial charge in [-0.15, -0.1) is 0 Å². The number of hydrogen-bond acceptors (Lipinski definition) is 17. The van der Waals surface area contributed by atoms with Crippen molar-refractivity contribution in [3.05, 3.63) is 243 Å². The molecule has 6 N–H and O–H groups in total. The molecule has 0 saturated heterocycles. The predicted octanol–water partition coefficient (Wildman–Crippen LogP) is 16.1. The Kier molecular flexibility index (Phi) is 53.7. The molecule has 7 aromatic rings. The number of rotatable bonds is 46. The van der Waals surface area contributed by atoms with E-state index in [4.69, 9.17) is 9.84 Å². The van der Waals surface area contributed by atoms with Crippen LogP contribution < -0.4 is 26.6 Å². The van der Waals surface area contributed by atoms with Crippen LogP contribution in [0.2, 0.25) is 0 Å². The number of hydrogen-bond donors (Lipinski definition) is 6. The lowest BCUT2D eigenvalue weighted by molar-refractivity contribution is -0.148. The quantitative estimate of drug-likeness (QED) is 0.0193. The van der Waals surface area contributed by atoms with Crippen LogP contribution in [0.25, 0.3) is 0 Å². The molecular weight excluding hydrogens is 1920 g/mol. The van der Waals surface area contributed by atoms with Crippen molar-refractivity contribution in [1.29, 1.82) is 0 Å². The minimum absolute atomic E-state index is 0.0130. The maximum atomic E-state index is 14.0. The molecule has 670 valence electrons. The summed E-state index contributed by atoms with van der Waals surface area (Å²) in [7, 11) is 1.26. The number of methoxy groups -OCH3 is 1. The predicted molar refractivity (Wildman–Crippen MR) is 491 cm³/mol. The van der Waals surface area contributed by atoms with Gasteiger partial charge in [-0.25, -0.2) is 8.78 Å². The van der Waals surface area contributed by atoms with Gasteiger partial charge in [0.1, 0.15) is 65.2 Å². The minimum atomic E-state index is -0.613. The van der Waals surface area contributed by atoms with E-state index in [1.807, 2.05) is 161 Å². The number of aliphatic hydroxyl groups is 1. The van der Waals surface area contributed by atoms with Crippen molar-refractivity contribution >= 4 is 162 Å². The Bertz CT molecular complexity index is 4580. The van der Waals surface area contributed by atoms with Crippen LogP contribution in [-0.4, -0.2) is 140 Å². The fourth-order valence-electron chi connectivity index (χ4n) is 12.5. The standard InChI is InChI=1S/C21H21BrFNO3.C20H21BrFNO3.C19H26BrNO4.C18H24BrNO3.C17H22BrNO4/c1-14(25)13-24-21(27)17(9-15-5-3-2-4-6-15)11-19(26)10-16-7-8-18(22)12-20(16)23;21-17-7-6-15(19(22)13-17)11-18(25)12-16(20(26)23-8-9-24)10-14-4-2-1-3-5-14;1-4-5-15(19(24)21-12-18(23)25-13(2)3)11-17(22)10-14-6-8-16(20)9-7-14;1-4-12(2)17(18(23)20-11-13(3)21)10-16(22)9-14-5-7-15(19)8-6-14;1-3-4-13(17(22)19-11-16(21)23-2)10-15(20)9-12-5-7-14(18)8-6-12/h2-8,12,17H,9-11,13H2,1H3,(H,24,27);1-7,13,16,24H,8-12H2,(H,23,26);6-9,13,15H,4-5,10-12H2,1-3H3,(H,21,24);5-8,12,17H,4,9-11H2,1-3H3,(H,20,23);5-8,13H,3-4,9-11H2,1-2H3,(H,19,22)/t17-;16-;15-;12-,17-;13-/m11101/s1. The average Bonchev–Trinajstić information content (AvgIpc) is 0.859. The van der Waals surface area contributed by atoms with Crippen molar-refractivity contribution in [3.63, 3.8) is 0 Å². The van der Waals surface area contributed by atoms with Crippen molar-refractivity contribution in [2.75, 3.05) is 46.4 Å². The van der Waals surface area contributed by atoms with Gasteiger partial charge in [-0.3, -0.25) is 67.1 Å². The summed E-state index contributed by atoms with van der Waals surface area (Å²) < 4.78 is 41.5. The number of carbonyl (C=O) groups is 14. The van der Waals surface area contributed by atoms with Crippen LogP contribution in [-0.2, 0) is 122 Å². The van der Waals surface area contributed by atoms with E-state index in [1.54, 1.807) is 38.1 Å². The molecule has 0 bridgehead atoms. The van der Waals surface area contributed by atoms with E-state index in [0.717, 1.165) is 60.5 Å². The molecule has 6 atom stereocenters. The van der Waals surface area contributed by atoms with Gasteiger partial charge in [0.15, 0.2) is 0 Å². The SMILES string of the molecule is CC(=O)CNC(=O)[C@@H](CC(=O)Cc1ccc(Br)cc1F)Cc1ccccc1.CCC[C@H](CC(=O)Cc1ccc(Br)cc1)C(=O)NCC(=O)OC.CCC[C@H](CC(=O)Cc1ccc(Br)cc1)C(=O)NCC(=O)OC(C)C.CC[C@H](C)[C@H](CC(=O)Cc1ccc(Br)cc1)C(=O)NCC(C)=O.O=C(Cc1ccc(Br)cc1F)C[C@@H](Cc1ccccc1)C(=O)NCCO. The van der Waals surface area contributed by atoms with Crippen LogP contribution in [0.1, 0.15) is 159 Å². The molecule has 0 heterocycles. The molecule has 0 aliphatic heterocycles. The first-order chi connectivity index (χ1) is 58.9. The molecule has 7 rings (SSSR count). The third-order valence-electron chi connectivity index (χ3n) is 19.0. The summed E-state index contributed by atoms with van der Waals surface area (Å²) in [5, 5.41) is 21.8. The Morgan fingerprint density at radius 3 is 1.04 bits per heavy atom. The molecule has 29 heteroatoms. The van der Waals surface area contributed by atoms with Gasteiger partial charge in [0.25, 0.3) is 0 Å². The summed E-state index contributed by atoms with van der Waals surface area (Å²) in [6.45, 7) is 13.8. The van der Waals surface area contributed by atoms with E-state index in [9.17, 15) is 75.9 Å². The number of benzene rings is 7. The van der Waals surface area contributed by atoms with E-state index in [-0.39, 0.29) is 172 Å². The topological polar surface area (TPSA) is 338 Å². The third-order valence-corrected chi connectivity index (χ3v) is 21.6. The number of nitrogens with one attached hydrogen (secondary N) is 5. The highest BCUT2D eigenvalue weighted by atomic mass is 79.9. The first-order valence-electron chi connectivity index (χ1n) is 41.0. The second-order valence-corrected chi connectivity index (χ2v) is 34.7. The number of esters is 2. The maximum Gasteiger partial charge on any atom is 0.325 e. The summed E-state index contributed by atoms with van der Waals surface area (Å²) in [5.41, 5.74) is 5.25. The Morgan fingerprint density at radius 2 is 0.702 bits per heavy atom. The molecule has 0 spiro atoms. The highest BCUT2D eigenvalue weighted by Crippen LogP contribution is 2.26. The summed E-state index contributed by atoms with van der Waals surface area (Å²) in [4.78, 5) is 168. The van der Waals surface area contributed by atoms with Gasteiger partial charge in [-0.2, -0.15) is 0 Å². The van der Waals surface area contributed by atoms with Crippen LogP contribution in [0.3, 0.4) is 0 Å². The molecule has 0 unspecified atom stereocenters. The first-order valence-corrected chi connectivity index (χ1v) is 44.9. The first kappa shape index (κ1) is 109. The summed E-state index contributed by atoms with van der Waals surface area (Å²) in [6.07, 6.45) is 5.52. The van der Waals surface area contributed by atoms with Crippen molar-refractivity contribution in [3.8, 4) is 0 Å². The normalized spacial score (nSPS) is 12.0. The third kappa shape index (κ3) is 47.2. The summed E-state index contributed by atoms with van der Waals surface area (Å²) in [5.74, 6) is -6.19. The van der Waals surface area contributed by atoms with Crippen LogP contribution in [0.5, 0.6) is 0 Å². The Morgan fingerprint density at radius 1 is 0.379 bits per heavy atom. The van der Waals surface area contributed by atoms with Crippen LogP contribution in [0, 0.1) is 47.1 Å². The van der Waals surface area contributed by atoms with Gasteiger partial charge in [-0.1, -0.05) is 236 Å². The minimum Gasteiger partial charge on any atom is -0.468 e. The highest BCUT2D eigenvalue weighted by molar-refractivity contribution is 9.11. The molecular formula is C95H114Br5F2N5O17. The molecule has 0 saturated carbocycles. The van der Waals surface area contributed by atoms with Crippen LogP contribution in [0.4, 0.5) is 8.78 Å². The Balaban J connectivity index is 0.000000401. The zero-order chi connectivity index (χ0) is 92.2. The van der Waals surface area contributed by atoms with E-state index in [2.05, 4.69) is 111 Å². The van der Waals surface area contributed by atoms with Gasteiger partial charge < -0.3 is 41.2 Å². The molecule has 7 aromatic carbocycles. The Hall–Kier alpha value is -9.26. The van der Waals surface area contributed by atoms with E-state index in [1.165, 1.54) is 33.1 Å². The number of halogens is 7. The van der Waals surface area contributed by atoms with Crippen molar-refractivity contribution in [1.82, 2.24) is 26.6 Å². The zero-order valence-corrected chi connectivity index (χ0v) is 79.5. The largest absolute Gasteiger partial charge is 0.468 e. The summed E-state index contributed by atoms with van der Waals surface area (Å²) in [6, 6.07) is 50.5. The smallest absolute Gasteiger partial charge is 0.325 e. The van der Waals surface area contributed by atoms with Gasteiger partial charge in [0, 0.05) is 123 Å². The Labute approximate surface area is 768 Å². The second-order valence-electron chi connectivity index (χ2n) is 30.1. The molecule has 124 heavy (non-hydrogen) atoms. The van der Waals surface area contributed by atoms with Crippen LogP contribution in [0.15, 0.2) is 192 Å². The fraction of sp³-hybridized carbons (Fsp3) is 0.411. The van der Waals surface area contributed by atoms with Gasteiger partial charge >= 0.3 is 11.9 Å². The zero-order valence-electron chi connectivity index (χ0n) is 71.6. The lowest BCUT2D eigenvalue weighted by atomic mass is 9.85. The number of ether oxygens (including phenoxy) is 2. The van der Waals surface area contributed by atoms with Gasteiger partial charge in [0.2, 0.25) is 29.5 Å². The van der Waals surface area contributed by atoms with Crippen molar-refractivity contribution in [2.24, 2.45) is 35.5 Å². The van der Waals surface area contributed by atoms with E-state index in [0.29, 0.717) is 65.0 Å². The molecule has 0 radical (unpaired) electrons. The fourth-order valence-corrected chi connectivity index (χ4v) is 13.9. The average molecular weight is 2040 g/mol. The number of carbonyl (C=O) groups excluding carboxylic acids is 14. The van der Waals surface area contributed by atoms with Gasteiger partial charge in [-0.05, 0) is 159 Å². The molecule has 5 amide bonds. The molecule has 22 nitrogen and oxygen atoms in total. The van der Waals surface area contributed by atoms with Crippen molar-refractivity contribution in [2.45, 2.75) is 171 Å². The van der Waals surface area contributed by atoms with E-state index >= 15 is 0 Å².